The first-order valence-corrected chi connectivity index (χ1v) is 8.19. The monoisotopic (exact) mass is 265 g/mol. The molecule has 0 amide bonds. The average Bonchev–Trinajstić information content (AvgIpc) is 2.71. The highest BCUT2D eigenvalue weighted by atomic mass is 32.1. The molecule has 1 heterocycles. The number of fused-ring (bicyclic) bond motifs is 1. The first-order chi connectivity index (χ1) is 8.52. The van der Waals surface area contributed by atoms with Gasteiger partial charge in [-0.15, -0.1) is 11.3 Å². The van der Waals surface area contributed by atoms with Crippen LogP contribution in [-0.2, 0) is 19.4 Å². The van der Waals surface area contributed by atoms with Crippen molar-refractivity contribution in [2.75, 3.05) is 6.54 Å². The van der Waals surface area contributed by atoms with Crippen LogP contribution in [0.2, 0.25) is 0 Å². The van der Waals surface area contributed by atoms with Crippen molar-refractivity contribution in [3.05, 3.63) is 21.4 Å². The summed E-state index contributed by atoms with van der Waals surface area (Å²) in [5, 5.41) is 5.92. The summed E-state index contributed by atoms with van der Waals surface area (Å²) in [6.45, 7) is 11.6. The summed E-state index contributed by atoms with van der Waals surface area (Å²) in [5.74, 6) is 0.861. The molecule has 1 aromatic rings. The van der Waals surface area contributed by atoms with Crippen LogP contribution >= 0.6 is 11.3 Å². The maximum absolute atomic E-state index is 3.54. The molecule has 0 radical (unpaired) electrons. The molecule has 0 saturated carbocycles. The summed E-state index contributed by atoms with van der Waals surface area (Å²) >= 11 is 1.99. The highest BCUT2D eigenvalue weighted by molar-refractivity contribution is 7.10. The van der Waals surface area contributed by atoms with Crippen molar-refractivity contribution in [3.63, 3.8) is 0 Å². The number of rotatable bonds is 4. The molecule has 18 heavy (non-hydrogen) atoms. The minimum Gasteiger partial charge on any atom is -0.313 e. The highest BCUT2D eigenvalue weighted by Crippen LogP contribution is 2.40. The maximum atomic E-state index is 3.54. The average molecular weight is 265 g/mol. The van der Waals surface area contributed by atoms with Crippen molar-refractivity contribution in [1.82, 2.24) is 5.32 Å². The molecule has 0 saturated heterocycles. The van der Waals surface area contributed by atoms with E-state index < -0.39 is 0 Å². The summed E-state index contributed by atoms with van der Waals surface area (Å²) in [6, 6.07) is 0. The minimum atomic E-state index is 0.461. The van der Waals surface area contributed by atoms with Crippen molar-refractivity contribution >= 4 is 11.3 Å². The van der Waals surface area contributed by atoms with Gasteiger partial charge in [0.15, 0.2) is 0 Å². The minimum absolute atomic E-state index is 0.461. The van der Waals surface area contributed by atoms with Gasteiger partial charge in [-0.3, -0.25) is 0 Å². The van der Waals surface area contributed by atoms with Crippen LogP contribution in [-0.4, -0.2) is 6.54 Å². The lowest BCUT2D eigenvalue weighted by atomic mass is 9.72. The molecule has 1 nitrogen and oxygen atoms in total. The summed E-state index contributed by atoms with van der Waals surface area (Å²) in [5.41, 5.74) is 3.70. The Bertz CT molecular complexity index is 386. The van der Waals surface area contributed by atoms with E-state index in [2.05, 4.69) is 38.4 Å². The second kappa shape index (κ2) is 5.75. The number of hydrogen-bond acceptors (Lipinski definition) is 2. The number of hydrogen-bond donors (Lipinski definition) is 1. The Labute approximate surface area is 116 Å². The van der Waals surface area contributed by atoms with Gasteiger partial charge in [0.2, 0.25) is 0 Å². The topological polar surface area (TPSA) is 12.0 Å². The molecule has 1 aromatic heterocycles. The summed E-state index contributed by atoms with van der Waals surface area (Å²) in [7, 11) is 0. The standard InChI is InChI=1S/C16H27NS/c1-5-8-17-10-12-11-18-15-9-13(16(2,3)4)6-7-14(12)15/h11,13,17H,5-10H2,1-4H3. The Balaban J connectivity index is 2.03. The van der Waals surface area contributed by atoms with E-state index >= 15 is 0 Å². The molecule has 2 heteroatoms. The van der Waals surface area contributed by atoms with Gasteiger partial charge in [0, 0.05) is 11.4 Å². The predicted molar refractivity (Wildman–Crippen MR) is 81.3 cm³/mol. The quantitative estimate of drug-likeness (QED) is 0.796. The van der Waals surface area contributed by atoms with Crippen molar-refractivity contribution in [3.8, 4) is 0 Å². The Hall–Kier alpha value is -0.340. The Kier molecular flexibility index (Phi) is 4.50. The van der Waals surface area contributed by atoms with Crippen molar-refractivity contribution in [1.29, 1.82) is 0 Å². The molecule has 1 atom stereocenters. The molecule has 0 fully saturated rings. The SMILES string of the molecule is CCCNCc1csc2c1CCC(C(C)(C)C)C2. The molecule has 1 aliphatic rings. The maximum Gasteiger partial charge on any atom is 0.0216 e. The fourth-order valence-corrected chi connectivity index (χ4v) is 4.05. The first-order valence-electron chi connectivity index (χ1n) is 7.31. The van der Waals surface area contributed by atoms with Crippen LogP contribution in [0.15, 0.2) is 5.38 Å². The van der Waals surface area contributed by atoms with Gasteiger partial charge in [0.1, 0.15) is 0 Å². The van der Waals surface area contributed by atoms with Gasteiger partial charge < -0.3 is 5.32 Å². The normalized spacial score (nSPS) is 19.9. The molecule has 0 spiro atoms. The van der Waals surface area contributed by atoms with E-state index in [0.717, 1.165) is 19.0 Å². The summed E-state index contributed by atoms with van der Waals surface area (Å²) in [6.07, 6.45) is 5.19. The third-order valence-electron chi connectivity index (χ3n) is 4.21. The fraction of sp³-hybridized carbons (Fsp3) is 0.750. The number of thiophene rings is 1. The molecule has 1 N–H and O–H groups in total. The molecule has 2 rings (SSSR count). The van der Waals surface area contributed by atoms with Gasteiger partial charge in [0.05, 0.1) is 0 Å². The fourth-order valence-electron chi connectivity index (χ4n) is 2.87. The van der Waals surface area contributed by atoms with Gasteiger partial charge >= 0.3 is 0 Å². The van der Waals surface area contributed by atoms with Crippen LogP contribution in [0, 0.1) is 11.3 Å². The van der Waals surface area contributed by atoms with E-state index in [0.29, 0.717) is 5.41 Å². The zero-order valence-electron chi connectivity index (χ0n) is 12.3. The van der Waals surface area contributed by atoms with Gasteiger partial charge in [-0.2, -0.15) is 0 Å². The van der Waals surface area contributed by atoms with Gasteiger partial charge in [-0.1, -0.05) is 27.7 Å². The molecule has 102 valence electrons. The van der Waals surface area contributed by atoms with Crippen molar-refractivity contribution in [2.45, 2.75) is 59.9 Å². The highest BCUT2D eigenvalue weighted by Gasteiger charge is 2.30. The largest absolute Gasteiger partial charge is 0.313 e. The molecule has 0 bridgehead atoms. The van der Waals surface area contributed by atoms with Crippen LogP contribution in [0.1, 0.15) is 56.5 Å². The van der Waals surface area contributed by atoms with Crippen LogP contribution in [0.25, 0.3) is 0 Å². The first kappa shape index (κ1) is 14.1. The second-order valence-electron chi connectivity index (χ2n) is 6.65. The molecule has 1 aliphatic carbocycles. The molecular weight excluding hydrogens is 238 g/mol. The van der Waals surface area contributed by atoms with Crippen molar-refractivity contribution < 1.29 is 0 Å². The summed E-state index contributed by atoms with van der Waals surface area (Å²) in [4.78, 5) is 1.66. The van der Waals surface area contributed by atoms with Crippen LogP contribution in [0.5, 0.6) is 0 Å². The Morgan fingerprint density at radius 1 is 1.39 bits per heavy atom. The van der Waals surface area contributed by atoms with E-state index in [1.54, 1.807) is 16.0 Å². The lowest BCUT2D eigenvalue weighted by Gasteiger charge is -2.34. The lowest BCUT2D eigenvalue weighted by Crippen LogP contribution is -2.26. The van der Waals surface area contributed by atoms with Gasteiger partial charge in [0.25, 0.3) is 0 Å². The predicted octanol–water partition coefficient (Wildman–Crippen LogP) is 4.40. The van der Waals surface area contributed by atoms with Crippen LogP contribution in [0.3, 0.4) is 0 Å². The Morgan fingerprint density at radius 2 is 2.17 bits per heavy atom. The third-order valence-corrected chi connectivity index (χ3v) is 5.31. The molecule has 1 unspecified atom stereocenters. The molecular formula is C16H27NS. The molecule has 0 aromatic carbocycles. The van der Waals surface area contributed by atoms with Crippen LogP contribution in [0.4, 0.5) is 0 Å². The van der Waals surface area contributed by atoms with Crippen molar-refractivity contribution in [2.24, 2.45) is 11.3 Å². The number of nitrogens with one attached hydrogen (secondary N) is 1. The third kappa shape index (κ3) is 3.16. The van der Waals surface area contributed by atoms with E-state index in [1.165, 1.54) is 25.7 Å². The zero-order chi connectivity index (χ0) is 13.2. The smallest absolute Gasteiger partial charge is 0.0216 e. The van der Waals surface area contributed by atoms with E-state index in [9.17, 15) is 0 Å². The van der Waals surface area contributed by atoms with E-state index in [4.69, 9.17) is 0 Å². The van der Waals surface area contributed by atoms with E-state index in [-0.39, 0.29) is 0 Å². The van der Waals surface area contributed by atoms with Crippen LogP contribution < -0.4 is 5.32 Å². The van der Waals surface area contributed by atoms with Gasteiger partial charge in [-0.25, -0.2) is 0 Å². The molecule has 0 aliphatic heterocycles. The second-order valence-corrected chi connectivity index (χ2v) is 7.61. The summed E-state index contributed by atoms with van der Waals surface area (Å²) < 4.78 is 0. The van der Waals surface area contributed by atoms with Gasteiger partial charge in [-0.05, 0) is 60.1 Å². The Morgan fingerprint density at radius 3 is 2.83 bits per heavy atom. The van der Waals surface area contributed by atoms with E-state index in [1.807, 2.05) is 11.3 Å². The lowest BCUT2D eigenvalue weighted by molar-refractivity contribution is 0.217. The zero-order valence-corrected chi connectivity index (χ0v) is 13.1.